The van der Waals surface area contributed by atoms with Gasteiger partial charge >= 0.3 is 0 Å². The fraction of sp³-hybridized carbons (Fsp3) is 0.565. The molecule has 1 N–H and O–H groups in total. The largest absolute Gasteiger partial charge is 0.486 e. The molecule has 1 unspecified atom stereocenters. The van der Waals surface area contributed by atoms with Crippen LogP contribution in [-0.2, 0) is 0 Å². The Labute approximate surface area is 178 Å². The number of carbonyl (C=O) groups is 1. The molecule has 1 aromatic rings. The van der Waals surface area contributed by atoms with Crippen LogP contribution in [0.2, 0.25) is 0 Å². The highest BCUT2D eigenvalue weighted by Crippen LogP contribution is 2.32. The van der Waals surface area contributed by atoms with Crippen LogP contribution < -0.4 is 14.8 Å². The van der Waals surface area contributed by atoms with Crippen molar-refractivity contribution in [1.29, 1.82) is 0 Å². The molecule has 6 heteroatoms. The first-order chi connectivity index (χ1) is 14.2. The maximum atomic E-state index is 12.9. The fourth-order valence-electron chi connectivity index (χ4n) is 4.38. The predicted molar refractivity (Wildman–Crippen MR) is 118 cm³/mol. The van der Waals surface area contributed by atoms with Gasteiger partial charge in [-0.1, -0.05) is 12.2 Å². The third-order valence-corrected chi connectivity index (χ3v) is 6.53. The van der Waals surface area contributed by atoms with Gasteiger partial charge in [0.25, 0.3) is 0 Å². The summed E-state index contributed by atoms with van der Waals surface area (Å²) in [6.45, 7) is 3.67. The van der Waals surface area contributed by atoms with Crippen LogP contribution in [0.5, 0.6) is 11.5 Å². The second-order valence-electron chi connectivity index (χ2n) is 8.12. The van der Waals surface area contributed by atoms with E-state index >= 15 is 0 Å². The molecule has 0 radical (unpaired) electrons. The summed E-state index contributed by atoms with van der Waals surface area (Å²) in [6, 6.07) is 5.53. The summed E-state index contributed by atoms with van der Waals surface area (Å²) >= 11 is 5.59. The van der Waals surface area contributed by atoms with Crippen LogP contribution in [0.15, 0.2) is 30.4 Å². The number of nitrogens with one attached hydrogen (secondary N) is 1. The molecule has 1 saturated heterocycles. The first-order valence-corrected chi connectivity index (χ1v) is 11.2. The molecular formula is C23H30N2O3S. The molecule has 2 heterocycles. The number of ether oxygens (including phenoxy) is 2. The van der Waals surface area contributed by atoms with E-state index in [4.69, 9.17) is 21.7 Å². The summed E-state index contributed by atoms with van der Waals surface area (Å²) < 4.78 is 11.2. The molecule has 5 nitrogen and oxygen atoms in total. The van der Waals surface area contributed by atoms with E-state index in [2.05, 4.69) is 22.4 Å². The molecule has 156 valence electrons. The molecular weight excluding hydrogens is 384 g/mol. The van der Waals surface area contributed by atoms with E-state index in [1.807, 2.05) is 18.2 Å². The number of likely N-dealkylation sites (tertiary alicyclic amines) is 1. The van der Waals surface area contributed by atoms with Gasteiger partial charge in [-0.2, -0.15) is 0 Å². The van der Waals surface area contributed by atoms with Crippen LogP contribution in [0.4, 0.5) is 0 Å². The van der Waals surface area contributed by atoms with E-state index in [9.17, 15) is 4.79 Å². The van der Waals surface area contributed by atoms with Crippen LogP contribution in [0, 0.1) is 11.8 Å². The zero-order valence-electron chi connectivity index (χ0n) is 16.9. The van der Waals surface area contributed by atoms with Gasteiger partial charge in [-0.25, -0.2) is 0 Å². The zero-order valence-corrected chi connectivity index (χ0v) is 17.7. The SMILES string of the molecule is O=C(c1ccc2c(c1)OCCO2)C1CCN(C(=S)NCCC2C=CCCC2)CC1. The van der Waals surface area contributed by atoms with Gasteiger partial charge in [-0.05, 0) is 74.9 Å². The molecule has 1 aliphatic carbocycles. The molecule has 0 amide bonds. The van der Waals surface area contributed by atoms with Gasteiger partial charge in [0, 0.05) is 31.1 Å². The summed E-state index contributed by atoms with van der Waals surface area (Å²) in [5.74, 6) is 2.34. The first kappa shape index (κ1) is 20.2. The molecule has 1 atom stereocenters. The van der Waals surface area contributed by atoms with E-state index in [-0.39, 0.29) is 11.7 Å². The lowest BCUT2D eigenvalue weighted by Crippen LogP contribution is -2.45. The van der Waals surface area contributed by atoms with Crippen molar-refractivity contribution in [3.8, 4) is 11.5 Å². The van der Waals surface area contributed by atoms with Gasteiger partial charge in [-0.3, -0.25) is 4.79 Å². The molecule has 0 spiro atoms. The number of Topliss-reactive ketones (excluding diaryl/α,β-unsaturated/α-hetero) is 1. The van der Waals surface area contributed by atoms with E-state index < -0.39 is 0 Å². The summed E-state index contributed by atoms with van der Waals surface area (Å²) in [5.41, 5.74) is 0.717. The third kappa shape index (κ3) is 5.10. The Bertz CT molecular complexity index is 771. The zero-order chi connectivity index (χ0) is 20.1. The molecule has 1 aromatic carbocycles. The number of carbonyl (C=O) groups excluding carboxylic acids is 1. The van der Waals surface area contributed by atoms with Crippen LogP contribution in [0.3, 0.4) is 0 Å². The monoisotopic (exact) mass is 414 g/mol. The van der Waals surface area contributed by atoms with E-state index in [0.717, 1.165) is 49.8 Å². The van der Waals surface area contributed by atoms with Crippen molar-refractivity contribution in [2.45, 2.75) is 38.5 Å². The number of piperidine rings is 1. The van der Waals surface area contributed by atoms with Crippen molar-refractivity contribution in [2.24, 2.45) is 11.8 Å². The van der Waals surface area contributed by atoms with E-state index in [1.54, 1.807) is 0 Å². The quantitative estimate of drug-likeness (QED) is 0.447. The molecule has 2 aliphatic heterocycles. The molecule has 1 fully saturated rings. The Morgan fingerprint density at radius 3 is 2.69 bits per heavy atom. The second kappa shape index (κ2) is 9.61. The summed E-state index contributed by atoms with van der Waals surface area (Å²) in [5, 5.41) is 4.25. The van der Waals surface area contributed by atoms with Gasteiger partial charge in [0.1, 0.15) is 13.2 Å². The molecule has 4 rings (SSSR count). The molecule has 29 heavy (non-hydrogen) atoms. The highest BCUT2D eigenvalue weighted by atomic mass is 32.1. The number of hydrogen-bond donors (Lipinski definition) is 1. The Balaban J connectivity index is 1.23. The lowest BCUT2D eigenvalue weighted by molar-refractivity contribution is 0.0870. The maximum Gasteiger partial charge on any atom is 0.168 e. The highest BCUT2D eigenvalue weighted by Gasteiger charge is 2.27. The number of rotatable bonds is 5. The van der Waals surface area contributed by atoms with Crippen molar-refractivity contribution in [3.05, 3.63) is 35.9 Å². The van der Waals surface area contributed by atoms with Crippen molar-refractivity contribution in [1.82, 2.24) is 10.2 Å². The van der Waals surface area contributed by atoms with Crippen molar-refractivity contribution in [3.63, 3.8) is 0 Å². The second-order valence-corrected chi connectivity index (χ2v) is 8.51. The minimum Gasteiger partial charge on any atom is -0.486 e. The average Bonchev–Trinajstić information content (AvgIpc) is 2.79. The maximum absolute atomic E-state index is 12.9. The van der Waals surface area contributed by atoms with Crippen molar-refractivity contribution >= 4 is 23.1 Å². The number of benzene rings is 1. The van der Waals surface area contributed by atoms with Gasteiger partial charge < -0.3 is 19.7 Å². The van der Waals surface area contributed by atoms with E-state index in [0.29, 0.717) is 30.4 Å². The summed E-state index contributed by atoms with van der Waals surface area (Å²) in [7, 11) is 0. The molecule has 0 bridgehead atoms. The van der Waals surface area contributed by atoms with Crippen LogP contribution in [-0.4, -0.2) is 48.6 Å². The van der Waals surface area contributed by atoms with Gasteiger partial charge in [-0.15, -0.1) is 0 Å². The van der Waals surface area contributed by atoms with Crippen LogP contribution in [0.1, 0.15) is 48.9 Å². The predicted octanol–water partition coefficient (Wildman–Crippen LogP) is 3.97. The molecule has 0 saturated carbocycles. The van der Waals surface area contributed by atoms with Crippen LogP contribution in [0.25, 0.3) is 0 Å². The smallest absolute Gasteiger partial charge is 0.168 e. The standard InChI is InChI=1S/C23H30N2O3S/c26-22(19-6-7-20-21(16-19)28-15-14-27-20)18-9-12-25(13-10-18)23(29)24-11-8-17-4-2-1-3-5-17/h2,4,6-7,16-18H,1,3,5,8-15H2,(H,24,29). The lowest BCUT2D eigenvalue weighted by Gasteiger charge is -2.33. The van der Waals surface area contributed by atoms with E-state index in [1.165, 1.54) is 19.3 Å². The van der Waals surface area contributed by atoms with Gasteiger partial charge in [0.15, 0.2) is 22.4 Å². The fourth-order valence-corrected chi connectivity index (χ4v) is 4.66. The number of allylic oxidation sites excluding steroid dienone is 2. The van der Waals surface area contributed by atoms with Gasteiger partial charge in [0.05, 0.1) is 0 Å². The lowest BCUT2D eigenvalue weighted by atomic mass is 9.89. The first-order valence-electron chi connectivity index (χ1n) is 10.8. The Hall–Kier alpha value is -2.08. The number of fused-ring (bicyclic) bond motifs is 1. The normalized spacial score (nSPS) is 21.7. The number of hydrogen-bond acceptors (Lipinski definition) is 4. The Morgan fingerprint density at radius 2 is 1.93 bits per heavy atom. The minimum absolute atomic E-state index is 0.0454. The highest BCUT2D eigenvalue weighted by molar-refractivity contribution is 7.80. The topological polar surface area (TPSA) is 50.8 Å². The third-order valence-electron chi connectivity index (χ3n) is 6.12. The molecule has 0 aromatic heterocycles. The number of thiocarbonyl (C=S) groups is 1. The number of ketones is 1. The number of nitrogens with zero attached hydrogens (tertiary/aromatic N) is 1. The Kier molecular flexibility index (Phi) is 6.70. The van der Waals surface area contributed by atoms with Crippen molar-refractivity contribution in [2.75, 3.05) is 32.8 Å². The summed E-state index contributed by atoms with van der Waals surface area (Å²) in [4.78, 5) is 15.1. The molecule has 3 aliphatic rings. The average molecular weight is 415 g/mol. The van der Waals surface area contributed by atoms with Gasteiger partial charge in [0.2, 0.25) is 0 Å². The summed E-state index contributed by atoms with van der Waals surface area (Å²) in [6.07, 6.45) is 11.3. The van der Waals surface area contributed by atoms with Crippen LogP contribution >= 0.6 is 12.2 Å². The minimum atomic E-state index is 0.0454. The Morgan fingerprint density at radius 1 is 1.14 bits per heavy atom. The van der Waals surface area contributed by atoms with Crippen molar-refractivity contribution < 1.29 is 14.3 Å².